The van der Waals surface area contributed by atoms with Crippen LogP contribution in [0.1, 0.15) is 21.6 Å². The molecular formula is C14H13ClN2O2. The number of rotatable bonds is 3. The van der Waals surface area contributed by atoms with Gasteiger partial charge in [-0.1, -0.05) is 17.7 Å². The van der Waals surface area contributed by atoms with Crippen LogP contribution in [0.25, 0.3) is 0 Å². The number of benzene rings is 1. The van der Waals surface area contributed by atoms with E-state index in [0.29, 0.717) is 5.82 Å². The minimum absolute atomic E-state index is 0.123. The zero-order valence-corrected chi connectivity index (χ0v) is 11.3. The fraction of sp³-hybridized carbons (Fsp3) is 0.143. The number of aromatic carboxylic acids is 1. The third kappa shape index (κ3) is 3.03. The van der Waals surface area contributed by atoms with Crippen molar-refractivity contribution in [3.8, 4) is 0 Å². The van der Waals surface area contributed by atoms with Gasteiger partial charge < -0.3 is 10.4 Å². The summed E-state index contributed by atoms with van der Waals surface area (Å²) in [7, 11) is 0. The first-order chi connectivity index (χ1) is 8.97. The molecule has 0 spiro atoms. The summed E-state index contributed by atoms with van der Waals surface area (Å²) in [4.78, 5) is 14.9. The quantitative estimate of drug-likeness (QED) is 0.895. The molecule has 2 aromatic rings. The Morgan fingerprint density at radius 3 is 2.58 bits per heavy atom. The van der Waals surface area contributed by atoms with Crippen LogP contribution in [0.15, 0.2) is 30.3 Å². The summed E-state index contributed by atoms with van der Waals surface area (Å²) in [6, 6.07) is 9.04. The third-order valence-corrected chi connectivity index (χ3v) is 3.13. The van der Waals surface area contributed by atoms with Gasteiger partial charge >= 0.3 is 5.97 Å². The van der Waals surface area contributed by atoms with Crippen LogP contribution >= 0.6 is 11.6 Å². The van der Waals surface area contributed by atoms with Crippen molar-refractivity contribution < 1.29 is 9.90 Å². The molecule has 2 N–H and O–H groups in total. The molecule has 98 valence electrons. The van der Waals surface area contributed by atoms with Crippen LogP contribution in [-0.2, 0) is 0 Å². The summed E-state index contributed by atoms with van der Waals surface area (Å²) >= 11 is 5.77. The standard InChI is InChI=1S/C14H13ClN2O2/c1-8-3-4-10(7-9(8)2)16-12-6-5-11(15)13(17-12)14(18)19/h3-7H,1-2H3,(H,16,17)(H,18,19). The van der Waals surface area contributed by atoms with Crippen molar-refractivity contribution in [3.05, 3.63) is 52.2 Å². The molecule has 0 saturated carbocycles. The van der Waals surface area contributed by atoms with Crippen LogP contribution in [0, 0.1) is 13.8 Å². The lowest BCUT2D eigenvalue weighted by molar-refractivity contribution is 0.0691. The molecule has 1 aromatic carbocycles. The average Bonchev–Trinajstić information content (AvgIpc) is 2.36. The Balaban J connectivity index is 2.30. The van der Waals surface area contributed by atoms with E-state index in [0.717, 1.165) is 11.3 Å². The van der Waals surface area contributed by atoms with Crippen molar-refractivity contribution in [2.45, 2.75) is 13.8 Å². The number of aryl methyl sites for hydroxylation is 2. The third-order valence-electron chi connectivity index (χ3n) is 2.83. The fourth-order valence-electron chi connectivity index (χ4n) is 1.63. The summed E-state index contributed by atoms with van der Waals surface area (Å²) in [6.07, 6.45) is 0. The van der Waals surface area contributed by atoms with Gasteiger partial charge in [-0.25, -0.2) is 9.78 Å². The molecule has 1 aromatic heterocycles. The molecule has 2 rings (SSSR count). The molecule has 0 fully saturated rings. The van der Waals surface area contributed by atoms with Crippen molar-refractivity contribution in [3.63, 3.8) is 0 Å². The van der Waals surface area contributed by atoms with Crippen molar-refractivity contribution in [1.82, 2.24) is 4.98 Å². The number of nitrogens with zero attached hydrogens (tertiary/aromatic N) is 1. The van der Waals surface area contributed by atoms with E-state index in [1.807, 2.05) is 32.0 Å². The first kappa shape index (κ1) is 13.4. The zero-order chi connectivity index (χ0) is 14.0. The molecular weight excluding hydrogens is 264 g/mol. The lowest BCUT2D eigenvalue weighted by Crippen LogP contribution is -2.04. The predicted octanol–water partition coefficient (Wildman–Crippen LogP) is 3.79. The normalized spacial score (nSPS) is 10.3. The van der Waals surface area contributed by atoms with Gasteiger partial charge in [0, 0.05) is 5.69 Å². The zero-order valence-electron chi connectivity index (χ0n) is 10.6. The van der Waals surface area contributed by atoms with Gasteiger partial charge in [0.2, 0.25) is 0 Å². The molecule has 0 aliphatic carbocycles. The minimum Gasteiger partial charge on any atom is -0.476 e. The van der Waals surface area contributed by atoms with Gasteiger partial charge in [-0.05, 0) is 49.2 Å². The van der Waals surface area contributed by atoms with E-state index >= 15 is 0 Å². The highest BCUT2D eigenvalue weighted by Crippen LogP contribution is 2.21. The second-order valence-corrected chi connectivity index (χ2v) is 4.66. The van der Waals surface area contributed by atoms with E-state index in [-0.39, 0.29) is 10.7 Å². The Hall–Kier alpha value is -2.07. The van der Waals surface area contributed by atoms with E-state index in [1.54, 1.807) is 6.07 Å². The number of aromatic nitrogens is 1. The largest absolute Gasteiger partial charge is 0.476 e. The van der Waals surface area contributed by atoms with Gasteiger partial charge in [-0.3, -0.25) is 0 Å². The number of halogens is 1. The molecule has 0 unspecified atom stereocenters. The molecule has 19 heavy (non-hydrogen) atoms. The fourth-order valence-corrected chi connectivity index (χ4v) is 1.81. The van der Waals surface area contributed by atoms with Gasteiger partial charge in [-0.2, -0.15) is 0 Å². The summed E-state index contributed by atoms with van der Waals surface area (Å²) in [5, 5.41) is 12.1. The molecule has 0 saturated heterocycles. The monoisotopic (exact) mass is 276 g/mol. The highest BCUT2D eigenvalue weighted by Gasteiger charge is 2.11. The molecule has 0 radical (unpaired) electrons. The number of nitrogens with one attached hydrogen (secondary N) is 1. The lowest BCUT2D eigenvalue weighted by atomic mass is 10.1. The summed E-state index contributed by atoms with van der Waals surface area (Å²) in [5.74, 6) is -0.696. The molecule has 0 aliphatic heterocycles. The molecule has 0 atom stereocenters. The van der Waals surface area contributed by atoms with E-state index < -0.39 is 5.97 Å². The van der Waals surface area contributed by atoms with Crippen molar-refractivity contribution >= 4 is 29.1 Å². The molecule has 0 bridgehead atoms. The topological polar surface area (TPSA) is 62.2 Å². The predicted molar refractivity (Wildman–Crippen MR) is 75.4 cm³/mol. The van der Waals surface area contributed by atoms with E-state index in [1.165, 1.54) is 11.6 Å². The summed E-state index contributed by atoms with van der Waals surface area (Å²) in [6.45, 7) is 4.04. The molecule has 1 heterocycles. The van der Waals surface area contributed by atoms with Gasteiger partial charge in [0.05, 0.1) is 5.02 Å². The Morgan fingerprint density at radius 2 is 1.95 bits per heavy atom. The first-order valence-electron chi connectivity index (χ1n) is 5.71. The second kappa shape index (κ2) is 5.28. The van der Waals surface area contributed by atoms with Crippen LogP contribution in [0.3, 0.4) is 0 Å². The molecule has 0 amide bonds. The van der Waals surface area contributed by atoms with Crippen molar-refractivity contribution in [2.75, 3.05) is 5.32 Å². The number of carbonyl (C=O) groups is 1. The van der Waals surface area contributed by atoms with E-state index in [9.17, 15) is 4.79 Å². The Labute approximate surface area is 116 Å². The number of pyridine rings is 1. The Kier molecular flexibility index (Phi) is 3.71. The molecule has 0 aliphatic rings. The SMILES string of the molecule is Cc1ccc(Nc2ccc(Cl)c(C(=O)O)n2)cc1C. The maximum atomic E-state index is 11.0. The van der Waals surface area contributed by atoms with E-state index in [2.05, 4.69) is 10.3 Å². The summed E-state index contributed by atoms with van der Waals surface area (Å²) < 4.78 is 0. The first-order valence-corrected chi connectivity index (χ1v) is 6.09. The van der Waals surface area contributed by atoms with Crippen LogP contribution in [-0.4, -0.2) is 16.1 Å². The van der Waals surface area contributed by atoms with Crippen LogP contribution in [0.5, 0.6) is 0 Å². The highest BCUT2D eigenvalue weighted by atomic mass is 35.5. The second-order valence-electron chi connectivity index (χ2n) is 4.26. The maximum absolute atomic E-state index is 11.0. The highest BCUT2D eigenvalue weighted by molar-refractivity contribution is 6.33. The van der Waals surface area contributed by atoms with Crippen LogP contribution in [0.4, 0.5) is 11.5 Å². The number of carboxylic acids is 1. The van der Waals surface area contributed by atoms with E-state index in [4.69, 9.17) is 16.7 Å². The number of hydrogen-bond donors (Lipinski definition) is 2. The van der Waals surface area contributed by atoms with Crippen LogP contribution < -0.4 is 5.32 Å². The number of carboxylic acid groups (broad SMARTS) is 1. The molecule has 5 heteroatoms. The van der Waals surface area contributed by atoms with Gasteiger partial charge in [0.25, 0.3) is 0 Å². The van der Waals surface area contributed by atoms with Gasteiger partial charge in [0.1, 0.15) is 5.82 Å². The maximum Gasteiger partial charge on any atom is 0.356 e. The average molecular weight is 277 g/mol. The minimum atomic E-state index is -1.14. The Bertz CT molecular complexity index is 641. The number of anilines is 2. The van der Waals surface area contributed by atoms with Gasteiger partial charge in [0.15, 0.2) is 5.69 Å². The van der Waals surface area contributed by atoms with Gasteiger partial charge in [-0.15, -0.1) is 0 Å². The number of hydrogen-bond acceptors (Lipinski definition) is 3. The Morgan fingerprint density at radius 1 is 1.21 bits per heavy atom. The lowest BCUT2D eigenvalue weighted by Gasteiger charge is -2.09. The smallest absolute Gasteiger partial charge is 0.356 e. The molecule has 4 nitrogen and oxygen atoms in total. The van der Waals surface area contributed by atoms with Crippen LogP contribution in [0.2, 0.25) is 5.02 Å². The van der Waals surface area contributed by atoms with Crippen molar-refractivity contribution in [2.24, 2.45) is 0 Å². The summed E-state index contributed by atoms with van der Waals surface area (Å²) in [5.41, 5.74) is 3.04. The van der Waals surface area contributed by atoms with Crippen molar-refractivity contribution in [1.29, 1.82) is 0 Å².